The molecule has 0 bridgehead atoms. The normalized spacial score (nSPS) is 26.6. The minimum Gasteiger partial charge on any atom is -0.380 e. The van der Waals surface area contributed by atoms with Crippen LogP contribution in [0, 0.1) is 0 Å². The van der Waals surface area contributed by atoms with Crippen molar-refractivity contribution in [3.63, 3.8) is 0 Å². The van der Waals surface area contributed by atoms with Gasteiger partial charge in [-0.2, -0.15) is 18.3 Å². The van der Waals surface area contributed by atoms with Gasteiger partial charge < -0.3 is 4.74 Å². The lowest BCUT2D eigenvalue weighted by Crippen LogP contribution is -2.35. The Kier molecular flexibility index (Phi) is 3.34. The van der Waals surface area contributed by atoms with Gasteiger partial charge in [0.15, 0.2) is 0 Å². The highest BCUT2D eigenvalue weighted by atomic mass is 19.4. The molecule has 1 fully saturated rings. The van der Waals surface area contributed by atoms with Crippen LogP contribution in [0.1, 0.15) is 18.3 Å². The Morgan fingerprint density at radius 1 is 1.59 bits per heavy atom. The quantitative estimate of drug-likeness (QED) is 0.873. The third-order valence-electron chi connectivity index (χ3n) is 2.83. The molecule has 1 aliphatic rings. The van der Waals surface area contributed by atoms with Crippen molar-refractivity contribution >= 4 is 0 Å². The van der Waals surface area contributed by atoms with E-state index >= 15 is 0 Å². The van der Waals surface area contributed by atoms with Crippen LogP contribution >= 0.6 is 0 Å². The molecule has 17 heavy (non-hydrogen) atoms. The van der Waals surface area contributed by atoms with Crippen molar-refractivity contribution in [1.82, 2.24) is 20.1 Å². The summed E-state index contributed by atoms with van der Waals surface area (Å²) in [5.41, 5.74) is 0. The van der Waals surface area contributed by atoms with E-state index < -0.39 is 18.8 Å². The van der Waals surface area contributed by atoms with Gasteiger partial charge in [-0.25, -0.2) is 4.98 Å². The zero-order valence-corrected chi connectivity index (χ0v) is 9.24. The summed E-state index contributed by atoms with van der Waals surface area (Å²) in [6.45, 7) is -0.709. The van der Waals surface area contributed by atoms with Gasteiger partial charge in [0, 0.05) is 13.7 Å². The van der Waals surface area contributed by atoms with Crippen molar-refractivity contribution in [2.75, 3.05) is 20.2 Å². The molecule has 5 nitrogen and oxygen atoms in total. The van der Waals surface area contributed by atoms with E-state index in [9.17, 15) is 13.2 Å². The standard InChI is InChI=1S/C9H13F3N4O/c1-17-6-2-7(8-13-5-14-15-8)16(3-6)4-9(10,11)12/h5-7H,2-4H2,1H3,(H,13,14,15)/t6-,7+/m1/s1. The van der Waals surface area contributed by atoms with Crippen molar-refractivity contribution in [2.24, 2.45) is 0 Å². The highest BCUT2D eigenvalue weighted by Crippen LogP contribution is 2.33. The molecular formula is C9H13F3N4O. The fourth-order valence-electron chi connectivity index (χ4n) is 2.10. The van der Waals surface area contributed by atoms with E-state index in [0.717, 1.165) is 0 Å². The first-order valence-electron chi connectivity index (χ1n) is 5.18. The molecule has 1 saturated heterocycles. The minimum atomic E-state index is -4.22. The van der Waals surface area contributed by atoms with Gasteiger partial charge in [-0.05, 0) is 6.42 Å². The maximum atomic E-state index is 12.4. The van der Waals surface area contributed by atoms with E-state index in [0.29, 0.717) is 12.2 Å². The second-order valence-corrected chi connectivity index (χ2v) is 4.02. The first-order valence-corrected chi connectivity index (χ1v) is 5.18. The van der Waals surface area contributed by atoms with Crippen LogP contribution < -0.4 is 0 Å². The molecule has 8 heteroatoms. The highest BCUT2D eigenvalue weighted by molar-refractivity contribution is 4.99. The van der Waals surface area contributed by atoms with Gasteiger partial charge in [0.05, 0.1) is 18.7 Å². The molecule has 0 aromatic carbocycles. The Labute approximate surface area is 96.0 Å². The number of aromatic nitrogens is 3. The molecular weight excluding hydrogens is 237 g/mol. The largest absolute Gasteiger partial charge is 0.401 e. The van der Waals surface area contributed by atoms with Gasteiger partial charge in [-0.3, -0.25) is 10.00 Å². The Bertz CT molecular complexity index is 354. The van der Waals surface area contributed by atoms with Crippen molar-refractivity contribution < 1.29 is 17.9 Å². The Balaban J connectivity index is 2.11. The summed E-state index contributed by atoms with van der Waals surface area (Å²) in [6.07, 6.45) is -2.64. The molecule has 2 rings (SSSR count). The molecule has 2 heterocycles. The Hall–Kier alpha value is -1.15. The lowest BCUT2D eigenvalue weighted by atomic mass is 10.2. The second-order valence-electron chi connectivity index (χ2n) is 4.02. The molecule has 96 valence electrons. The number of nitrogens with zero attached hydrogens (tertiary/aromatic N) is 3. The number of hydrogen-bond donors (Lipinski definition) is 1. The summed E-state index contributed by atoms with van der Waals surface area (Å²) in [6, 6.07) is -0.413. The van der Waals surface area contributed by atoms with Gasteiger partial charge in [0.1, 0.15) is 12.2 Å². The number of halogens is 3. The molecule has 2 atom stereocenters. The Morgan fingerprint density at radius 3 is 2.88 bits per heavy atom. The summed E-state index contributed by atoms with van der Waals surface area (Å²) < 4.78 is 42.4. The molecule has 1 N–H and O–H groups in total. The number of nitrogens with one attached hydrogen (secondary N) is 1. The Morgan fingerprint density at radius 2 is 2.35 bits per heavy atom. The molecule has 0 amide bonds. The van der Waals surface area contributed by atoms with Gasteiger partial charge in [-0.1, -0.05) is 0 Å². The zero-order chi connectivity index (χ0) is 12.5. The maximum absolute atomic E-state index is 12.4. The average Bonchev–Trinajstić information content (AvgIpc) is 2.82. The van der Waals surface area contributed by atoms with Crippen LogP contribution in [0.5, 0.6) is 0 Å². The summed E-state index contributed by atoms with van der Waals surface area (Å²) in [5, 5.41) is 6.28. The van der Waals surface area contributed by atoms with Crippen LogP contribution in [0.3, 0.4) is 0 Å². The first-order chi connectivity index (χ1) is 7.99. The molecule has 1 aromatic heterocycles. The predicted octanol–water partition coefficient (Wildman–Crippen LogP) is 1.13. The number of rotatable bonds is 3. The van der Waals surface area contributed by atoms with E-state index in [2.05, 4.69) is 15.2 Å². The van der Waals surface area contributed by atoms with Crippen LogP contribution in [-0.4, -0.2) is 52.6 Å². The third-order valence-corrected chi connectivity index (χ3v) is 2.83. The van der Waals surface area contributed by atoms with Crippen LogP contribution in [0.4, 0.5) is 13.2 Å². The van der Waals surface area contributed by atoms with Gasteiger partial charge in [0.25, 0.3) is 0 Å². The summed E-state index contributed by atoms with van der Waals surface area (Å²) >= 11 is 0. The van der Waals surface area contributed by atoms with Crippen LogP contribution in [0.25, 0.3) is 0 Å². The zero-order valence-electron chi connectivity index (χ0n) is 9.24. The summed E-state index contributed by atoms with van der Waals surface area (Å²) in [5.74, 6) is 0.453. The smallest absolute Gasteiger partial charge is 0.380 e. The number of H-pyrrole nitrogens is 1. The summed E-state index contributed by atoms with van der Waals surface area (Å²) in [4.78, 5) is 5.23. The predicted molar refractivity (Wildman–Crippen MR) is 52.2 cm³/mol. The fourth-order valence-corrected chi connectivity index (χ4v) is 2.10. The van der Waals surface area contributed by atoms with Crippen molar-refractivity contribution in [3.8, 4) is 0 Å². The van der Waals surface area contributed by atoms with Gasteiger partial charge in [-0.15, -0.1) is 0 Å². The molecule has 0 unspecified atom stereocenters. The van der Waals surface area contributed by atoms with E-state index in [4.69, 9.17) is 4.74 Å². The number of aromatic amines is 1. The van der Waals surface area contributed by atoms with E-state index in [-0.39, 0.29) is 12.6 Å². The van der Waals surface area contributed by atoms with Gasteiger partial charge in [0.2, 0.25) is 0 Å². The molecule has 1 aliphatic heterocycles. The van der Waals surface area contributed by atoms with Gasteiger partial charge >= 0.3 is 6.18 Å². The van der Waals surface area contributed by atoms with E-state index in [1.807, 2.05) is 0 Å². The number of ether oxygens (including phenoxy) is 1. The van der Waals surface area contributed by atoms with Crippen molar-refractivity contribution in [1.29, 1.82) is 0 Å². The number of hydrogen-bond acceptors (Lipinski definition) is 4. The number of likely N-dealkylation sites (tertiary alicyclic amines) is 1. The van der Waals surface area contributed by atoms with E-state index in [1.165, 1.54) is 18.3 Å². The number of alkyl halides is 3. The maximum Gasteiger partial charge on any atom is 0.401 e. The SMILES string of the molecule is CO[C@@H]1C[C@@H](c2ncn[nH]2)N(CC(F)(F)F)C1. The second kappa shape index (κ2) is 4.61. The lowest BCUT2D eigenvalue weighted by molar-refractivity contribution is -0.148. The highest BCUT2D eigenvalue weighted by Gasteiger charge is 2.41. The van der Waals surface area contributed by atoms with Crippen LogP contribution in [0.2, 0.25) is 0 Å². The van der Waals surface area contributed by atoms with E-state index in [1.54, 1.807) is 0 Å². The molecule has 0 radical (unpaired) electrons. The third kappa shape index (κ3) is 2.95. The molecule has 0 aliphatic carbocycles. The van der Waals surface area contributed by atoms with Crippen molar-refractivity contribution in [2.45, 2.75) is 24.7 Å². The summed E-state index contributed by atoms with van der Waals surface area (Å²) in [7, 11) is 1.50. The lowest BCUT2D eigenvalue weighted by Gasteiger charge is -2.23. The fraction of sp³-hybridized carbons (Fsp3) is 0.778. The van der Waals surface area contributed by atoms with Crippen LogP contribution in [-0.2, 0) is 4.74 Å². The monoisotopic (exact) mass is 250 g/mol. The number of methoxy groups -OCH3 is 1. The van der Waals surface area contributed by atoms with Crippen molar-refractivity contribution in [3.05, 3.63) is 12.2 Å². The van der Waals surface area contributed by atoms with Crippen LogP contribution in [0.15, 0.2) is 6.33 Å². The molecule has 0 spiro atoms. The average molecular weight is 250 g/mol. The minimum absolute atomic E-state index is 0.201. The topological polar surface area (TPSA) is 54.0 Å². The molecule has 0 saturated carbocycles. The molecule has 1 aromatic rings. The first kappa shape index (κ1) is 12.3.